The maximum Gasteiger partial charge on any atom is 0.338 e. The van der Waals surface area contributed by atoms with Crippen molar-refractivity contribution in [3.8, 4) is 11.5 Å². The lowest BCUT2D eigenvalue weighted by molar-refractivity contribution is -0.139. The molecule has 8 nitrogen and oxygen atoms in total. The first-order valence-electron chi connectivity index (χ1n) is 11.2. The van der Waals surface area contributed by atoms with Gasteiger partial charge >= 0.3 is 5.97 Å². The summed E-state index contributed by atoms with van der Waals surface area (Å²) in [6, 6.07) is 10.5. The molecule has 0 spiro atoms. The second-order valence-corrected chi connectivity index (χ2v) is 8.93. The lowest BCUT2D eigenvalue weighted by atomic mass is 9.95. The molecule has 0 saturated heterocycles. The molecule has 0 fully saturated rings. The van der Waals surface area contributed by atoms with Crippen LogP contribution in [0, 0.1) is 13.8 Å². The molecule has 0 aromatic heterocycles. The molecule has 0 aliphatic carbocycles. The molecule has 2 aromatic rings. The molecular formula is C26H31N3O5S. The Balaban J connectivity index is 1.84. The maximum atomic E-state index is 12.8. The summed E-state index contributed by atoms with van der Waals surface area (Å²) in [7, 11) is 3.12. The predicted molar refractivity (Wildman–Crippen MR) is 139 cm³/mol. The van der Waals surface area contributed by atoms with Gasteiger partial charge in [-0.15, -0.1) is 0 Å². The SMILES string of the molecule is CCOC(=O)C1=C(C)NC(SCC(=O)Nc2ccc(C)c(C)c2)=N[C@H]1c1ccc(OC)cc1OC. The van der Waals surface area contributed by atoms with Gasteiger partial charge in [0.05, 0.1) is 32.2 Å². The van der Waals surface area contributed by atoms with E-state index in [2.05, 4.69) is 10.6 Å². The molecule has 1 heterocycles. The Morgan fingerprint density at radius 2 is 1.83 bits per heavy atom. The normalized spacial score (nSPS) is 15.1. The van der Waals surface area contributed by atoms with Crippen LogP contribution in [0.25, 0.3) is 0 Å². The first-order valence-corrected chi connectivity index (χ1v) is 12.2. The Bertz CT molecular complexity index is 1180. The number of aliphatic imine (C=N–C) groups is 1. The predicted octanol–water partition coefficient (Wildman–Crippen LogP) is 4.53. The monoisotopic (exact) mass is 497 g/mol. The molecule has 35 heavy (non-hydrogen) atoms. The number of anilines is 1. The topological polar surface area (TPSA) is 98.2 Å². The van der Waals surface area contributed by atoms with E-state index in [-0.39, 0.29) is 18.3 Å². The van der Waals surface area contributed by atoms with Crippen LogP contribution in [-0.2, 0) is 14.3 Å². The number of carbonyl (C=O) groups is 2. The first kappa shape index (κ1) is 26.2. The Morgan fingerprint density at radius 1 is 1.06 bits per heavy atom. The third kappa shape index (κ3) is 6.36. The van der Waals surface area contributed by atoms with Crippen LogP contribution in [0.1, 0.15) is 36.6 Å². The number of amidine groups is 1. The van der Waals surface area contributed by atoms with E-state index in [4.69, 9.17) is 19.2 Å². The summed E-state index contributed by atoms with van der Waals surface area (Å²) in [6.45, 7) is 7.82. The zero-order valence-corrected chi connectivity index (χ0v) is 21.7. The highest BCUT2D eigenvalue weighted by molar-refractivity contribution is 8.14. The quantitative estimate of drug-likeness (QED) is 0.517. The minimum absolute atomic E-state index is 0.146. The van der Waals surface area contributed by atoms with E-state index in [1.165, 1.54) is 11.8 Å². The smallest absolute Gasteiger partial charge is 0.338 e. The van der Waals surface area contributed by atoms with Gasteiger partial charge < -0.3 is 24.8 Å². The molecule has 1 amide bonds. The molecule has 1 aliphatic heterocycles. The zero-order chi connectivity index (χ0) is 25.5. The number of methoxy groups -OCH3 is 2. The van der Waals surface area contributed by atoms with Crippen LogP contribution in [0.5, 0.6) is 11.5 Å². The van der Waals surface area contributed by atoms with E-state index in [1.807, 2.05) is 38.1 Å². The van der Waals surface area contributed by atoms with Crippen molar-refractivity contribution in [2.45, 2.75) is 33.7 Å². The van der Waals surface area contributed by atoms with Gasteiger partial charge in [-0.1, -0.05) is 17.8 Å². The Morgan fingerprint density at radius 3 is 2.49 bits per heavy atom. The molecular weight excluding hydrogens is 466 g/mol. The maximum absolute atomic E-state index is 12.8. The largest absolute Gasteiger partial charge is 0.497 e. The Kier molecular flexibility index (Phi) is 8.81. The summed E-state index contributed by atoms with van der Waals surface area (Å²) in [4.78, 5) is 30.2. The minimum Gasteiger partial charge on any atom is -0.497 e. The van der Waals surface area contributed by atoms with E-state index in [9.17, 15) is 9.59 Å². The average molecular weight is 498 g/mol. The van der Waals surface area contributed by atoms with Crippen molar-refractivity contribution in [1.29, 1.82) is 0 Å². The standard InChI is InChI=1S/C26H31N3O5S/c1-7-34-25(31)23-17(4)27-26(29-24(23)20-11-10-19(32-5)13-21(20)33-6)35-14-22(30)28-18-9-8-15(2)16(3)12-18/h8-13,24H,7,14H2,1-6H3,(H,27,29)(H,28,30)/t24-/m0/s1. The number of nitrogens with one attached hydrogen (secondary N) is 2. The number of ether oxygens (including phenoxy) is 3. The number of nitrogens with zero attached hydrogens (tertiary/aromatic N) is 1. The van der Waals surface area contributed by atoms with E-state index in [0.717, 1.165) is 16.8 Å². The van der Waals surface area contributed by atoms with Gasteiger partial charge in [-0.25, -0.2) is 9.79 Å². The Hall–Kier alpha value is -3.46. The van der Waals surface area contributed by atoms with Crippen molar-refractivity contribution in [2.75, 3.05) is 31.9 Å². The van der Waals surface area contributed by atoms with Gasteiger partial charge in [-0.3, -0.25) is 4.79 Å². The van der Waals surface area contributed by atoms with Gasteiger partial charge in [0.2, 0.25) is 5.91 Å². The van der Waals surface area contributed by atoms with Crippen LogP contribution in [0.2, 0.25) is 0 Å². The molecule has 0 radical (unpaired) electrons. The second-order valence-electron chi connectivity index (χ2n) is 7.96. The minimum atomic E-state index is -0.665. The van der Waals surface area contributed by atoms with Crippen LogP contribution in [0.15, 0.2) is 52.7 Å². The summed E-state index contributed by atoms with van der Waals surface area (Å²) >= 11 is 1.26. The molecule has 1 atom stereocenters. The molecule has 9 heteroatoms. The van der Waals surface area contributed by atoms with Crippen LogP contribution in [0.4, 0.5) is 5.69 Å². The molecule has 0 bridgehead atoms. The van der Waals surface area contributed by atoms with Gasteiger partial charge in [-0.05, 0) is 63.1 Å². The fraction of sp³-hybridized carbons (Fsp3) is 0.346. The summed E-state index contributed by atoms with van der Waals surface area (Å²) in [6.07, 6.45) is 0. The molecule has 0 saturated carbocycles. The summed E-state index contributed by atoms with van der Waals surface area (Å²) in [5.74, 6) is 0.693. The van der Waals surface area contributed by atoms with E-state index in [1.54, 1.807) is 40.2 Å². The number of esters is 1. The van der Waals surface area contributed by atoms with E-state index < -0.39 is 12.0 Å². The molecule has 2 N–H and O–H groups in total. The van der Waals surface area contributed by atoms with E-state index in [0.29, 0.717) is 33.5 Å². The summed E-state index contributed by atoms with van der Waals surface area (Å²) in [5, 5.41) is 6.59. The number of rotatable bonds is 8. The number of carbonyl (C=O) groups excluding carboxylic acids is 2. The fourth-order valence-electron chi connectivity index (χ4n) is 3.61. The number of aryl methyl sites for hydroxylation is 2. The fourth-order valence-corrected chi connectivity index (χ4v) is 4.36. The van der Waals surface area contributed by atoms with Crippen LogP contribution < -0.4 is 20.1 Å². The summed E-state index contributed by atoms with van der Waals surface area (Å²) < 4.78 is 16.2. The lowest BCUT2D eigenvalue weighted by Gasteiger charge is -2.26. The third-order valence-corrected chi connectivity index (χ3v) is 6.47. The van der Waals surface area contributed by atoms with E-state index >= 15 is 0 Å². The van der Waals surface area contributed by atoms with Crippen molar-refractivity contribution in [1.82, 2.24) is 5.32 Å². The average Bonchev–Trinajstić information content (AvgIpc) is 2.84. The van der Waals surface area contributed by atoms with Crippen molar-refractivity contribution >= 4 is 34.5 Å². The van der Waals surface area contributed by atoms with Crippen molar-refractivity contribution in [3.05, 3.63) is 64.4 Å². The third-order valence-electron chi connectivity index (χ3n) is 5.58. The Labute approximate surface area is 210 Å². The number of allylic oxidation sites excluding steroid dienone is 1. The molecule has 1 aliphatic rings. The highest BCUT2D eigenvalue weighted by Crippen LogP contribution is 2.39. The number of hydrogen-bond acceptors (Lipinski definition) is 8. The molecule has 2 aromatic carbocycles. The number of benzene rings is 2. The van der Waals surface area contributed by atoms with Crippen molar-refractivity contribution < 1.29 is 23.8 Å². The van der Waals surface area contributed by atoms with Gasteiger partial charge in [0.1, 0.15) is 17.5 Å². The van der Waals surface area contributed by atoms with Gasteiger partial charge in [0, 0.05) is 23.0 Å². The number of amides is 1. The van der Waals surface area contributed by atoms with Crippen molar-refractivity contribution in [3.63, 3.8) is 0 Å². The highest BCUT2D eigenvalue weighted by atomic mass is 32.2. The lowest BCUT2D eigenvalue weighted by Crippen LogP contribution is -2.31. The first-order chi connectivity index (χ1) is 16.8. The summed E-state index contributed by atoms with van der Waals surface area (Å²) in [5.41, 5.74) is 4.71. The second kappa shape index (κ2) is 11.8. The molecule has 3 rings (SSSR count). The number of hydrogen-bond donors (Lipinski definition) is 2. The van der Waals surface area contributed by atoms with Gasteiger partial charge in [0.25, 0.3) is 0 Å². The van der Waals surface area contributed by atoms with Crippen molar-refractivity contribution in [2.24, 2.45) is 4.99 Å². The van der Waals surface area contributed by atoms with Crippen LogP contribution >= 0.6 is 11.8 Å². The van der Waals surface area contributed by atoms with Crippen LogP contribution in [0.3, 0.4) is 0 Å². The van der Waals surface area contributed by atoms with Crippen LogP contribution in [-0.4, -0.2) is 43.6 Å². The molecule has 186 valence electrons. The number of thioether (sulfide) groups is 1. The van der Waals surface area contributed by atoms with Gasteiger partial charge in [0.15, 0.2) is 5.17 Å². The zero-order valence-electron chi connectivity index (χ0n) is 20.9. The molecule has 0 unspecified atom stereocenters. The van der Waals surface area contributed by atoms with Gasteiger partial charge in [-0.2, -0.15) is 0 Å². The highest BCUT2D eigenvalue weighted by Gasteiger charge is 2.32.